The molecule has 0 radical (unpaired) electrons. The lowest BCUT2D eigenvalue weighted by molar-refractivity contribution is 0.299. The molecule has 0 saturated carbocycles. The number of thiophene rings is 1. The zero-order valence-electron chi connectivity index (χ0n) is 9.23. The van der Waals surface area contributed by atoms with E-state index >= 15 is 0 Å². The van der Waals surface area contributed by atoms with Crippen molar-refractivity contribution < 1.29 is 5.11 Å². The second-order valence-electron chi connectivity index (χ2n) is 3.81. The molecule has 0 amide bonds. The molecule has 0 fully saturated rings. The lowest BCUT2D eigenvalue weighted by atomic mass is 9.97. The molecule has 2 nitrogen and oxygen atoms in total. The highest BCUT2D eigenvalue weighted by molar-refractivity contribution is 7.08. The van der Waals surface area contributed by atoms with Crippen LogP contribution in [-0.4, -0.2) is 11.7 Å². The van der Waals surface area contributed by atoms with E-state index in [1.165, 1.54) is 0 Å². The Morgan fingerprint density at radius 3 is 2.75 bits per heavy atom. The fourth-order valence-corrected chi connectivity index (χ4v) is 2.54. The molecule has 0 aliphatic carbocycles. The van der Waals surface area contributed by atoms with Crippen LogP contribution in [0.3, 0.4) is 0 Å². The van der Waals surface area contributed by atoms with Crippen molar-refractivity contribution in [1.29, 1.82) is 0 Å². The number of nitrogens with two attached hydrogens (primary N) is 1. The van der Waals surface area contributed by atoms with Crippen LogP contribution in [0.4, 0.5) is 5.69 Å². The van der Waals surface area contributed by atoms with Crippen molar-refractivity contribution in [2.75, 3.05) is 12.3 Å². The van der Waals surface area contributed by atoms with Crippen LogP contribution < -0.4 is 5.73 Å². The molecule has 2 rings (SSSR count). The van der Waals surface area contributed by atoms with Gasteiger partial charge >= 0.3 is 0 Å². The molecule has 3 heteroatoms. The average molecular weight is 233 g/mol. The van der Waals surface area contributed by atoms with E-state index in [4.69, 9.17) is 10.8 Å². The number of anilines is 1. The first-order chi connectivity index (χ1) is 7.74. The first kappa shape index (κ1) is 11.2. The van der Waals surface area contributed by atoms with E-state index < -0.39 is 0 Å². The maximum Gasteiger partial charge on any atom is 0.0472 e. The van der Waals surface area contributed by atoms with Gasteiger partial charge in [0.2, 0.25) is 0 Å². The Bertz CT molecular complexity index is 477. The minimum Gasteiger partial charge on any atom is -0.398 e. The van der Waals surface area contributed by atoms with Crippen LogP contribution in [-0.2, 0) is 6.42 Å². The summed E-state index contributed by atoms with van der Waals surface area (Å²) in [6, 6.07) is 6.18. The fourth-order valence-electron chi connectivity index (χ4n) is 1.89. The fraction of sp³-hybridized carbons (Fsp3) is 0.231. The molecule has 0 aliphatic heterocycles. The predicted octanol–water partition coefficient (Wildman–Crippen LogP) is 2.84. The van der Waals surface area contributed by atoms with Crippen LogP contribution in [0.1, 0.15) is 11.1 Å². The van der Waals surface area contributed by atoms with Gasteiger partial charge in [-0.2, -0.15) is 11.3 Å². The molecular formula is C13H15NOS. The van der Waals surface area contributed by atoms with Gasteiger partial charge in [0.1, 0.15) is 0 Å². The minimum atomic E-state index is 0.137. The number of benzene rings is 1. The first-order valence-electron chi connectivity index (χ1n) is 5.25. The van der Waals surface area contributed by atoms with E-state index in [0.29, 0.717) is 6.42 Å². The third-order valence-electron chi connectivity index (χ3n) is 2.79. The molecule has 3 N–H and O–H groups in total. The second kappa shape index (κ2) is 4.68. The van der Waals surface area contributed by atoms with Crippen molar-refractivity contribution in [2.45, 2.75) is 13.3 Å². The van der Waals surface area contributed by atoms with Gasteiger partial charge in [-0.3, -0.25) is 0 Å². The number of aliphatic hydroxyl groups excluding tert-OH is 1. The van der Waals surface area contributed by atoms with Crippen molar-refractivity contribution >= 4 is 17.0 Å². The Morgan fingerprint density at radius 2 is 2.12 bits per heavy atom. The molecule has 0 aliphatic rings. The van der Waals surface area contributed by atoms with Crippen LogP contribution >= 0.6 is 11.3 Å². The summed E-state index contributed by atoms with van der Waals surface area (Å²) in [4.78, 5) is 0. The van der Waals surface area contributed by atoms with Crippen molar-refractivity contribution in [3.63, 3.8) is 0 Å². The van der Waals surface area contributed by atoms with Gasteiger partial charge in [-0.15, -0.1) is 0 Å². The Morgan fingerprint density at radius 1 is 1.31 bits per heavy atom. The summed E-state index contributed by atoms with van der Waals surface area (Å²) in [5.41, 5.74) is 11.4. The molecular weight excluding hydrogens is 218 g/mol. The zero-order valence-corrected chi connectivity index (χ0v) is 10.1. The van der Waals surface area contributed by atoms with Gasteiger partial charge in [0, 0.05) is 17.9 Å². The van der Waals surface area contributed by atoms with Crippen LogP contribution in [0.15, 0.2) is 29.0 Å². The van der Waals surface area contributed by atoms with E-state index in [1.54, 1.807) is 11.3 Å². The third-order valence-corrected chi connectivity index (χ3v) is 3.47. The van der Waals surface area contributed by atoms with Crippen LogP contribution in [0, 0.1) is 6.92 Å². The van der Waals surface area contributed by atoms with E-state index in [-0.39, 0.29) is 6.61 Å². The Kier molecular flexibility index (Phi) is 3.27. The summed E-state index contributed by atoms with van der Waals surface area (Å²) < 4.78 is 0. The molecule has 16 heavy (non-hydrogen) atoms. The summed E-state index contributed by atoms with van der Waals surface area (Å²) in [6.45, 7) is 2.16. The summed E-state index contributed by atoms with van der Waals surface area (Å²) in [5.74, 6) is 0. The number of hydrogen-bond acceptors (Lipinski definition) is 3. The smallest absolute Gasteiger partial charge is 0.0472 e. The Labute approximate surface area is 99.4 Å². The number of nitrogen functional groups attached to an aromatic ring is 1. The summed E-state index contributed by atoms with van der Waals surface area (Å²) in [6.07, 6.45) is 0.621. The third kappa shape index (κ3) is 1.96. The predicted molar refractivity (Wildman–Crippen MR) is 69.7 cm³/mol. The molecule has 0 unspecified atom stereocenters. The van der Waals surface area contributed by atoms with E-state index in [9.17, 15) is 0 Å². The van der Waals surface area contributed by atoms with Crippen molar-refractivity contribution in [1.82, 2.24) is 0 Å². The highest BCUT2D eigenvalue weighted by atomic mass is 32.1. The molecule has 1 aromatic carbocycles. The summed E-state index contributed by atoms with van der Waals surface area (Å²) >= 11 is 1.66. The highest BCUT2D eigenvalue weighted by Gasteiger charge is 2.09. The Balaban J connectivity index is 2.52. The standard InChI is InChI=1S/C13H15NOS/c1-9-2-3-12(10-5-7-16-8-10)13(14)11(9)4-6-15/h2-3,5,7-8,15H,4,6,14H2,1H3. The molecule has 1 heterocycles. The van der Waals surface area contributed by atoms with Gasteiger partial charge in [-0.25, -0.2) is 0 Å². The highest BCUT2D eigenvalue weighted by Crippen LogP contribution is 2.32. The molecule has 2 aromatic rings. The number of hydrogen-bond donors (Lipinski definition) is 2. The zero-order chi connectivity index (χ0) is 11.5. The lowest BCUT2D eigenvalue weighted by Gasteiger charge is -2.12. The van der Waals surface area contributed by atoms with Crippen LogP contribution in [0.25, 0.3) is 11.1 Å². The largest absolute Gasteiger partial charge is 0.398 e. The van der Waals surface area contributed by atoms with Crippen molar-refractivity contribution in [2.24, 2.45) is 0 Å². The quantitative estimate of drug-likeness (QED) is 0.801. The molecule has 1 aromatic heterocycles. The van der Waals surface area contributed by atoms with E-state index in [1.807, 2.05) is 18.4 Å². The number of aliphatic hydroxyl groups is 1. The van der Waals surface area contributed by atoms with E-state index in [0.717, 1.165) is 27.9 Å². The summed E-state index contributed by atoms with van der Waals surface area (Å²) in [5, 5.41) is 13.2. The average Bonchev–Trinajstić information content (AvgIpc) is 2.77. The van der Waals surface area contributed by atoms with Gasteiger partial charge < -0.3 is 10.8 Å². The molecule has 0 saturated heterocycles. The molecule has 0 bridgehead atoms. The number of rotatable bonds is 3. The maximum absolute atomic E-state index is 9.04. The van der Waals surface area contributed by atoms with Crippen molar-refractivity contribution in [3.8, 4) is 11.1 Å². The summed E-state index contributed by atoms with van der Waals surface area (Å²) in [7, 11) is 0. The molecule has 84 valence electrons. The molecule has 0 atom stereocenters. The van der Waals surface area contributed by atoms with Crippen LogP contribution in [0.2, 0.25) is 0 Å². The minimum absolute atomic E-state index is 0.137. The van der Waals surface area contributed by atoms with Gasteiger partial charge in [0.25, 0.3) is 0 Å². The number of aryl methyl sites for hydroxylation is 1. The SMILES string of the molecule is Cc1ccc(-c2ccsc2)c(N)c1CCO. The second-order valence-corrected chi connectivity index (χ2v) is 4.59. The molecule has 0 spiro atoms. The Hall–Kier alpha value is -1.32. The van der Waals surface area contributed by atoms with Crippen molar-refractivity contribution in [3.05, 3.63) is 40.1 Å². The first-order valence-corrected chi connectivity index (χ1v) is 6.19. The van der Waals surface area contributed by atoms with Gasteiger partial charge in [-0.1, -0.05) is 12.1 Å². The van der Waals surface area contributed by atoms with Crippen LogP contribution in [0.5, 0.6) is 0 Å². The normalized spacial score (nSPS) is 10.6. The lowest BCUT2D eigenvalue weighted by Crippen LogP contribution is -2.02. The van der Waals surface area contributed by atoms with Gasteiger partial charge in [0.15, 0.2) is 0 Å². The van der Waals surface area contributed by atoms with E-state index in [2.05, 4.69) is 17.5 Å². The topological polar surface area (TPSA) is 46.2 Å². The maximum atomic E-state index is 9.04. The van der Waals surface area contributed by atoms with Gasteiger partial charge in [0.05, 0.1) is 0 Å². The van der Waals surface area contributed by atoms with Gasteiger partial charge in [-0.05, 0) is 46.9 Å². The monoisotopic (exact) mass is 233 g/mol.